The topological polar surface area (TPSA) is 79.6 Å². The second-order valence-electron chi connectivity index (χ2n) is 10.8. The summed E-state index contributed by atoms with van der Waals surface area (Å²) < 4.78 is 12.8. The number of aryl methyl sites for hydroxylation is 2. The van der Waals surface area contributed by atoms with Gasteiger partial charge in [-0.25, -0.2) is 4.90 Å². The number of rotatable bonds is 6. The number of nitrogens with zero attached hydrogens (tertiary/aromatic N) is 2. The number of anilines is 1. The van der Waals surface area contributed by atoms with Gasteiger partial charge in [-0.15, -0.1) is 0 Å². The minimum absolute atomic E-state index is 0.191. The number of hydrogen-bond acceptors (Lipinski definition) is 5. The highest BCUT2D eigenvalue weighted by atomic mass is 16.5. The van der Waals surface area contributed by atoms with Gasteiger partial charge in [0.15, 0.2) is 0 Å². The third-order valence-corrected chi connectivity index (χ3v) is 8.67. The fourth-order valence-electron chi connectivity index (χ4n) is 7.07. The average molecular weight is 495 g/mol. The molecule has 37 heavy (non-hydrogen) atoms. The van der Waals surface area contributed by atoms with E-state index in [0.29, 0.717) is 30.7 Å². The molecule has 6 rings (SSSR count). The minimum atomic E-state index is -0.719. The predicted octanol–water partition coefficient (Wildman–Crippen LogP) is 5.61. The van der Waals surface area contributed by atoms with Gasteiger partial charge in [-0.2, -0.15) is 5.26 Å². The Balaban J connectivity index is 1.35. The van der Waals surface area contributed by atoms with Crippen molar-refractivity contribution in [3.63, 3.8) is 0 Å². The van der Waals surface area contributed by atoms with Crippen molar-refractivity contribution < 1.29 is 19.1 Å². The van der Waals surface area contributed by atoms with E-state index >= 15 is 0 Å². The maximum Gasteiger partial charge on any atom is 0.240 e. The maximum absolute atomic E-state index is 14.1. The molecule has 0 radical (unpaired) electrons. The van der Waals surface area contributed by atoms with Gasteiger partial charge in [0.2, 0.25) is 11.8 Å². The Hall–Kier alpha value is -3.69. The molecular weight excluding hydrogens is 464 g/mol. The van der Waals surface area contributed by atoms with Crippen LogP contribution in [0.4, 0.5) is 5.69 Å². The van der Waals surface area contributed by atoms with Crippen LogP contribution in [-0.2, 0) is 14.3 Å². The highest BCUT2D eigenvalue weighted by molar-refractivity contribution is 6.26. The predicted molar refractivity (Wildman–Crippen MR) is 140 cm³/mol. The second-order valence-corrected chi connectivity index (χ2v) is 10.8. The van der Waals surface area contributed by atoms with Gasteiger partial charge in [0.05, 0.1) is 47.0 Å². The van der Waals surface area contributed by atoms with E-state index in [1.54, 1.807) is 12.1 Å². The summed E-state index contributed by atoms with van der Waals surface area (Å²) in [6.07, 6.45) is 2.72. The van der Waals surface area contributed by atoms with E-state index in [4.69, 9.17) is 9.47 Å². The lowest BCUT2D eigenvalue weighted by Gasteiger charge is -2.31. The third-order valence-electron chi connectivity index (χ3n) is 8.67. The lowest BCUT2D eigenvalue weighted by atomic mass is 9.66. The van der Waals surface area contributed by atoms with Crippen molar-refractivity contribution in [2.24, 2.45) is 11.8 Å². The number of carbonyl (C=O) groups excluding carboxylic acids is 2. The summed E-state index contributed by atoms with van der Waals surface area (Å²) in [6.45, 7) is 6.54. The number of carbonyl (C=O) groups is 2. The summed E-state index contributed by atoms with van der Waals surface area (Å²) in [7, 11) is 0. The lowest BCUT2D eigenvalue weighted by Crippen LogP contribution is -2.43. The van der Waals surface area contributed by atoms with Gasteiger partial charge in [0.25, 0.3) is 0 Å². The third kappa shape index (κ3) is 3.41. The van der Waals surface area contributed by atoms with Crippen molar-refractivity contribution in [2.45, 2.75) is 57.7 Å². The standard InChI is InChI=1S/C31H30N2O4/c1-4-30-11-12-31(37-30,13-14-36-22-16-19(2)15-20(3)17-22)27-26(30)28(34)33(29(27)35)25-10-9-21(18-32)23-7-5-6-8-24(23)25/h5-10,15-17,26-27H,4,11-14H2,1-3H3/t26-,27+,30-,31-/m1/s1. The fraction of sp³-hybridized carbons (Fsp3) is 0.387. The van der Waals surface area contributed by atoms with Gasteiger partial charge >= 0.3 is 0 Å². The van der Waals surface area contributed by atoms with Crippen LogP contribution < -0.4 is 9.64 Å². The van der Waals surface area contributed by atoms with Gasteiger partial charge in [0, 0.05) is 17.2 Å². The Morgan fingerprint density at radius 1 is 0.973 bits per heavy atom. The van der Waals surface area contributed by atoms with Crippen LogP contribution >= 0.6 is 0 Å². The van der Waals surface area contributed by atoms with Gasteiger partial charge in [0.1, 0.15) is 5.75 Å². The Labute approximate surface area is 216 Å². The number of fused-ring (bicyclic) bond motifs is 6. The monoisotopic (exact) mass is 494 g/mol. The zero-order chi connectivity index (χ0) is 25.9. The highest BCUT2D eigenvalue weighted by Crippen LogP contribution is 2.63. The van der Waals surface area contributed by atoms with Crippen molar-refractivity contribution in [1.82, 2.24) is 0 Å². The number of nitriles is 1. The molecule has 0 N–H and O–H groups in total. The molecule has 3 aliphatic rings. The normalized spacial score (nSPS) is 28.1. The molecule has 3 aromatic rings. The molecule has 0 saturated carbocycles. The first-order valence-corrected chi connectivity index (χ1v) is 13.0. The van der Waals surface area contributed by atoms with Crippen LogP contribution in [0.5, 0.6) is 5.75 Å². The molecule has 3 fully saturated rings. The van der Waals surface area contributed by atoms with Gasteiger partial charge in [-0.05, 0) is 68.5 Å². The molecule has 2 amide bonds. The molecule has 0 unspecified atom stereocenters. The van der Waals surface area contributed by atoms with Crippen LogP contribution in [0.1, 0.15) is 49.3 Å². The Morgan fingerprint density at radius 3 is 2.30 bits per heavy atom. The van der Waals surface area contributed by atoms with E-state index in [1.807, 2.05) is 57.2 Å². The summed E-state index contributed by atoms with van der Waals surface area (Å²) in [5, 5.41) is 11.0. The fourth-order valence-corrected chi connectivity index (χ4v) is 7.07. The van der Waals surface area contributed by atoms with Gasteiger partial charge < -0.3 is 9.47 Å². The summed E-state index contributed by atoms with van der Waals surface area (Å²) in [6, 6.07) is 19.2. The zero-order valence-corrected chi connectivity index (χ0v) is 21.4. The van der Waals surface area contributed by atoms with Gasteiger partial charge in [-0.3, -0.25) is 9.59 Å². The van der Waals surface area contributed by atoms with Crippen molar-refractivity contribution >= 4 is 28.3 Å². The molecule has 3 aliphatic heterocycles. The summed E-state index contributed by atoms with van der Waals surface area (Å²) in [5.41, 5.74) is 1.99. The average Bonchev–Trinajstić information content (AvgIpc) is 3.49. The largest absolute Gasteiger partial charge is 0.493 e. The van der Waals surface area contributed by atoms with Crippen LogP contribution in [0.3, 0.4) is 0 Å². The number of ether oxygens (including phenoxy) is 2. The molecule has 0 aromatic heterocycles. The summed E-state index contributed by atoms with van der Waals surface area (Å²) in [4.78, 5) is 29.5. The van der Waals surface area contributed by atoms with E-state index in [1.165, 1.54) is 4.90 Å². The highest BCUT2D eigenvalue weighted by Gasteiger charge is 2.74. The molecule has 4 atom stereocenters. The summed E-state index contributed by atoms with van der Waals surface area (Å²) in [5.74, 6) is -0.627. The molecule has 3 saturated heterocycles. The van der Waals surface area contributed by atoms with Crippen molar-refractivity contribution in [3.05, 3.63) is 71.3 Å². The quantitative estimate of drug-likeness (QED) is 0.416. The van der Waals surface area contributed by atoms with E-state index in [-0.39, 0.29) is 11.8 Å². The minimum Gasteiger partial charge on any atom is -0.493 e. The van der Waals surface area contributed by atoms with Crippen LogP contribution in [0.15, 0.2) is 54.6 Å². The van der Waals surface area contributed by atoms with E-state index in [2.05, 4.69) is 12.1 Å². The molecule has 188 valence electrons. The lowest BCUT2D eigenvalue weighted by molar-refractivity contribution is -0.132. The van der Waals surface area contributed by atoms with Crippen LogP contribution in [0.2, 0.25) is 0 Å². The molecule has 3 heterocycles. The van der Waals surface area contributed by atoms with E-state index in [9.17, 15) is 14.9 Å². The number of amides is 2. The maximum atomic E-state index is 14.1. The SMILES string of the molecule is CC[C@]12CC[C@](CCOc3cc(C)cc(C)c3)(O1)[C@@H]1C(=O)N(c3ccc(C#N)c4ccccc34)C(=O)[C@@H]12. The Bertz CT molecular complexity index is 1470. The Morgan fingerprint density at radius 2 is 1.62 bits per heavy atom. The summed E-state index contributed by atoms with van der Waals surface area (Å²) >= 11 is 0. The smallest absolute Gasteiger partial charge is 0.240 e. The zero-order valence-electron chi connectivity index (χ0n) is 21.4. The van der Waals surface area contributed by atoms with E-state index in [0.717, 1.165) is 40.5 Å². The molecule has 6 heteroatoms. The second kappa shape index (κ2) is 8.43. The van der Waals surface area contributed by atoms with E-state index < -0.39 is 23.0 Å². The van der Waals surface area contributed by atoms with Crippen molar-refractivity contribution in [1.29, 1.82) is 5.26 Å². The first kappa shape index (κ1) is 23.7. The van der Waals surface area contributed by atoms with Crippen LogP contribution in [0.25, 0.3) is 10.8 Å². The van der Waals surface area contributed by atoms with Crippen molar-refractivity contribution in [2.75, 3.05) is 11.5 Å². The van der Waals surface area contributed by atoms with Crippen LogP contribution in [-0.4, -0.2) is 29.6 Å². The molecular formula is C31H30N2O4. The number of benzene rings is 3. The Kier molecular flexibility index (Phi) is 5.40. The number of imide groups is 1. The molecule has 2 bridgehead atoms. The van der Waals surface area contributed by atoms with Crippen molar-refractivity contribution in [3.8, 4) is 11.8 Å². The molecule has 6 nitrogen and oxygen atoms in total. The molecule has 0 spiro atoms. The first-order chi connectivity index (χ1) is 17.8. The van der Waals surface area contributed by atoms with Gasteiger partial charge in [-0.1, -0.05) is 37.3 Å². The van der Waals surface area contributed by atoms with Crippen LogP contribution in [0, 0.1) is 37.0 Å². The molecule has 0 aliphatic carbocycles. The first-order valence-electron chi connectivity index (χ1n) is 13.0. The molecule has 3 aromatic carbocycles. The number of hydrogen-bond donors (Lipinski definition) is 0.